The van der Waals surface area contributed by atoms with E-state index in [2.05, 4.69) is 27.8 Å². The van der Waals surface area contributed by atoms with E-state index >= 15 is 0 Å². The molecule has 0 unspecified atom stereocenters. The first-order valence-electron chi connectivity index (χ1n) is 14.0. The van der Waals surface area contributed by atoms with Crippen LogP contribution in [0.25, 0.3) is 21.8 Å². The Morgan fingerprint density at radius 3 is 2.59 bits per heavy atom. The van der Waals surface area contributed by atoms with Crippen LogP contribution in [0.5, 0.6) is 0 Å². The number of benzene rings is 3. The van der Waals surface area contributed by atoms with Gasteiger partial charge in [0.15, 0.2) is 0 Å². The molecule has 2 saturated heterocycles. The molecule has 0 aliphatic carbocycles. The second kappa shape index (κ2) is 7.50. The minimum atomic E-state index is -1.06. The topological polar surface area (TPSA) is 112 Å². The molecule has 5 atom stereocenters. The van der Waals surface area contributed by atoms with Crippen LogP contribution in [0.15, 0.2) is 83.8 Å². The summed E-state index contributed by atoms with van der Waals surface area (Å²) in [5, 5.41) is 8.60. The summed E-state index contributed by atoms with van der Waals surface area (Å²) in [7, 11) is 0. The Hall–Kier alpha value is -4.76. The van der Waals surface area contributed by atoms with E-state index in [1.807, 2.05) is 72.6 Å². The molecule has 9 heteroatoms. The molecule has 5 aliphatic rings. The van der Waals surface area contributed by atoms with Crippen LogP contribution in [0.1, 0.15) is 36.3 Å². The Kier molecular flexibility index (Phi) is 4.20. The number of hydrogen-bond acceptors (Lipinski definition) is 5. The Bertz CT molecular complexity index is 2050. The van der Waals surface area contributed by atoms with Crippen molar-refractivity contribution in [2.24, 2.45) is 0 Å². The standard InChI is InChI=1S/C32H26N6O3/c1-31-29-34-22-12-6-3-9-19(22)27(40)38(29)25(26(39)36-31)15-32(31)20-10-4-7-13-24(20)37-28(41)23(35-30(32)37)14-17-16-33-21-11-5-2-8-18(17)21/h2-13,16,23,25,30,33,35H,14-15H2,1H3,(H,36,39)/t23-,25-,30+,31+,32+/m1/s1. The molecular weight excluding hydrogens is 516 g/mol. The molecule has 1 spiro atoms. The number of amides is 2. The zero-order valence-corrected chi connectivity index (χ0v) is 22.2. The quantitative estimate of drug-likeness (QED) is 0.318. The van der Waals surface area contributed by atoms with Crippen LogP contribution in [0.4, 0.5) is 5.69 Å². The first kappa shape index (κ1) is 23.0. The van der Waals surface area contributed by atoms with Crippen LogP contribution < -0.4 is 21.1 Å². The van der Waals surface area contributed by atoms with Crippen molar-refractivity contribution >= 4 is 39.3 Å². The molecule has 41 heavy (non-hydrogen) atoms. The van der Waals surface area contributed by atoms with Gasteiger partial charge < -0.3 is 10.3 Å². The van der Waals surface area contributed by atoms with Crippen molar-refractivity contribution in [3.05, 3.63) is 106 Å². The lowest BCUT2D eigenvalue weighted by Gasteiger charge is -2.58. The third-order valence-corrected chi connectivity index (χ3v) is 10.0. The molecule has 5 aromatic rings. The van der Waals surface area contributed by atoms with Crippen LogP contribution in [-0.2, 0) is 27.0 Å². The fourth-order valence-electron chi connectivity index (χ4n) is 8.19. The number of aromatic nitrogens is 3. The number of fused-ring (bicyclic) bond motifs is 6. The minimum Gasteiger partial charge on any atom is -0.361 e. The second-order valence-corrected chi connectivity index (χ2v) is 11.8. The van der Waals surface area contributed by atoms with Gasteiger partial charge in [-0.05, 0) is 55.2 Å². The van der Waals surface area contributed by atoms with Gasteiger partial charge in [0.2, 0.25) is 11.8 Å². The smallest absolute Gasteiger partial charge is 0.262 e. The van der Waals surface area contributed by atoms with Crippen molar-refractivity contribution in [2.75, 3.05) is 4.90 Å². The van der Waals surface area contributed by atoms with Gasteiger partial charge in [-0.1, -0.05) is 48.5 Å². The SMILES string of the molecule is C[C@@]12NC(=O)[C@@H](C[C@@]13c1ccccc1N1C(=O)[C@@H](Cc4c[nH]c5ccccc45)N[C@@H]13)n1c2nc2ccccc2c1=O. The average Bonchev–Trinajstić information content (AvgIpc) is 3.62. The molecule has 5 aliphatic heterocycles. The third kappa shape index (κ3) is 2.61. The molecular formula is C32H26N6O3. The molecule has 2 bridgehead atoms. The summed E-state index contributed by atoms with van der Waals surface area (Å²) < 4.78 is 1.60. The summed E-state index contributed by atoms with van der Waals surface area (Å²) in [4.78, 5) is 51.7. The molecule has 9 nitrogen and oxygen atoms in total. The number of carbonyl (C=O) groups excluding carboxylic acids is 2. The number of aromatic amines is 1. The Morgan fingerprint density at radius 2 is 1.71 bits per heavy atom. The number of hydrogen-bond donors (Lipinski definition) is 3. The normalized spacial score (nSPS) is 29.3. The first-order valence-corrected chi connectivity index (χ1v) is 14.0. The van der Waals surface area contributed by atoms with Gasteiger partial charge in [-0.25, -0.2) is 4.98 Å². The van der Waals surface area contributed by atoms with E-state index in [1.165, 1.54) is 0 Å². The fourth-order valence-corrected chi connectivity index (χ4v) is 8.19. The summed E-state index contributed by atoms with van der Waals surface area (Å²) in [6.07, 6.45) is 2.46. The number of nitrogens with zero attached hydrogens (tertiary/aromatic N) is 3. The highest BCUT2D eigenvalue weighted by Gasteiger charge is 2.72. The highest BCUT2D eigenvalue weighted by Crippen LogP contribution is 2.62. The fraction of sp³-hybridized carbons (Fsp3) is 0.250. The molecule has 2 fully saturated rings. The van der Waals surface area contributed by atoms with Crippen LogP contribution >= 0.6 is 0 Å². The maximum atomic E-state index is 14.2. The maximum Gasteiger partial charge on any atom is 0.262 e. The van der Waals surface area contributed by atoms with Crippen molar-refractivity contribution in [2.45, 2.75) is 49.0 Å². The van der Waals surface area contributed by atoms with Gasteiger partial charge in [-0.15, -0.1) is 0 Å². The molecule has 2 amide bonds. The highest BCUT2D eigenvalue weighted by molar-refractivity contribution is 6.04. The lowest BCUT2D eigenvalue weighted by atomic mass is 9.57. The van der Waals surface area contributed by atoms with E-state index in [9.17, 15) is 14.4 Å². The molecule has 202 valence electrons. The zero-order chi connectivity index (χ0) is 27.7. The number of piperidine rings is 1. The lowest BCUT2D eigenvalue weighted by molar-refractivity contribution is -0.137. The monoisotopic (exact) mass is 542 g/mol. The van der Waals surface area contributed by atoms with Gasteiger partial charge in [0.1, 0.15) is 23.6 Å². The van der Waals surface area contributed by atoms with Gasteiger partial charge in [0, 0.05) is 22.8 Å². The summed E-state index contributed by atoms with van der Waals surface area (Å²) >= 11 is 0. The zero-order valence-electron chi connectivity index (χ0n) is 22.2. The predicted octanol–water partition coefficient (Wildman–Crippen LogP) is 2.99. The van der Waals surface area contributed by atoms with Gasteiger partial charge in [-0.3, -0.25) is 29.2 Å². The van der Waals surface area contributed by atoms with Gasteiger partial charge >= 0.3 is 0 Å². The van der Waals surface area contributed by atoms with E-state index in [0.29, 0.717) is 29.6 Å². The largest absolute Gasteiger partial charge is 0.361 e. The highest BCUT2D eigenvalue weighted by atomic mass is 16.2. The predicted molar refractivity (Wildman–Crippen MR) is 153 cm³/mol. The van der Waals surface area contributed by atoms with E-state index in [4.69, 9.17) is 4.98 Å². The van der Waals surface area contributed by atoms with E-state index in [1.54, 1.807) is 10.6 Å². The van der Waals surface area contributed by atoms with Crippen LogP contribution in [0.2, 0.25) is 0 Å². The molecule has 0 saturated carbocycles. The Morgan fingerprint density at radius 1 is 0.951 bits per heavy atom. The number of carbonyl (C=O) groups is 2. The van der Waals surface area contributed by atoms with Crippen LogP contribution in [-0.4, -0.2) is 38.6 Å². The van der Waals surface area contributed by atoms with E-state index in [0.717, 1.165) is 27.7 Å². The molecule has 7 heterocycles. The lowest BCUT2D eigenvalue weighted by Crippen LogP contribution is -2.75. The van der Waals surface area contributed by atoms with Crippen molar-refractivity contribution < 1.29 is 9.59 Å². The molecule has 3 N–H and O–H groups in total. The molecule has 0 radical (unpaired) electrons. The summed E-state index contributed by atoms with van der Waals surface area (Å²) in [6, 6.07) is 22.1. The first-order chi connectivity index (χ1) is 19.9. The number of nitrogens with one attached hydrogen (secondary N) is 3. The van der Waals surface area contributed by atoms with Gasteiger partial charge in [0.25, 0.3) is 5.56 Å². The van der Waals surface area contributed by atoms with Crippen LogP contribution in [0, 0.1) is 0 Å². The average molecular weight is 543 g/mol. The van der Waals surface area contributed by atoms with Gasteiger partial charge in [-0.2, -0.15) is 0 Å². The number of H-pyrrole nitrogens is 1. The van der Waals surface area contributed by atoms with Crippen molar-refractivity contribution in [1.82, 2.24) is 25.2 Å². The Balaban J connectivity index is 1.23. The van der Waals surface area contributed by atoms with E-state index in [-0.39, 0.29) is 17.4 Å². The number of anilines is 1. The van der Waals surface area contributed by atoms with E-state index < -0.39 is 29.2 Å². The van der Waals surface area contributed by atoms with Crippen LogP contribution in [0.3, 0.4) is 0 Å². The van der Waals surface area contributed by atoms with Crippen molar-refractivity contribution in [3.8, 4) is 0 Å². The summed E-state index contributed by atoms with van der Waals surface area (Å²) in [6.45, 7) is 1.97. The summed E-state index contributed by atoms with van der Waals surface area (Å²) in [5.74, 6) is 0.341. The molecule has 3 aromatic carbocycles. The third-order valence-electron chi connectivity index (χ3n) is 10.0. The van der Waals surface area contributed by atoms with Crippen molar-refractivity contribution in [1.29, 1.82) is 0 Å². The van der Waals surface area contributed by atoms with Gasteiger partial charge in [0.05, 0.1) is 22.4 Å². The molecule has 10 rings (SSSR count). The number of rotatable bonds is 2. The van der Waals surface area contributed by atoms with Crippen molar-refractivity contribution in [3.63, 3.8) is 0 Å². The molecule has 2 aromatic heterocycles. The summed E-state index contributed by atoms with van der Waals surface area (Å²) in [5.41, 5.74) is 2.53. The Labute approximate surface area is 234 Å². The minimum absolute atomic E-state index is 0.00448. The maximum absolute atomic E-state index is 14.2. The second-order valence-electron chi connectivity index (χ2n) is 11.8. The number of para-hydroxylation sites is 3.